The monoisotopic (exact) mass is 234 g/mol. The molecule has 0 aliphatic rings. The Kier molecular flexibility index (Phi) is 85.8. The smallest absolute Gasteiger partial charge is 0.00848 e. The highest BCUT2D eigenvalue weighted by atomic mass is 79.9. The van der Waals surface area contributed by atoms with Crippen molar-refractivity contribution in [2.24, 2.45) is 0 Å². The molecule has 0 aliphatic heterocycles. The molecular formula is C11H23Br. The Labute approximate surface area is 87.2 Å². The van der Waals surface area contributed by atoms with Crippen LogP contribution in [0.15, 0.2) is 37.5 Å². The average molecular weight is 235 g/mol. The lowest BCUT2D eigenvalue weighted by atomic mass is 10.4. The zero-order chi connectivity index (χ0) is 11.0. The van der Waals surface area contributed by atoms with Crippen molar-refractivity contribution in [1.82, 2.24) is 0 Å². The SMILES string of the molecule is C=CC.C=CC(=C)C.CBr.CC. The lowest BCUT2D eigenvalue weighted by Crippen LogP contribution is -1.50. The molecule has 0 bridgehead atoms. The molecule has 0 aliphatic carbocycles. The van der Waals surface area contributed by atoms with Crippen molar-refractivity contribution in [3.05, 3.63) is 37.5 Å². The highest BCUT2D eigenvalue weighted by Crippen LogP contribution is 1.81. The van der Waals surface area contributed by atoms with Crippen molar-refractivity contribution >= 4 is 15.9 Å². The van der Waals surface area contributed by atoms with Gasteiger partial charge in [-0.15, -0.1) is 6.58 Å². The van der Waals surface area contributed by atoms with Gasteiger partial charge in [0.1, 0.15) is 0 Å². The van der Waals surface area contributed by atoms with E-state index in [2.05, 4.69) is 35.7 Å². The molecule has 74 valence electrons. The molecule has 0 spiro atoms. The van der Waals surface area contributed by atoms with Gasteiger partial charge in [0.05, 0.1) is 0 Å². The largest absolute Gasteiger partial charge is 0.103 e. The second kappa shape index (κ2) is 45.6. The molecule has 0 saturated carbocycles. The summed E-state index contributed by atoms with van der Waals surface area (Å²) in [4.78, 5) is 0. The fourth-order valence-electron chi connectivity index (χ4n) is 0. The second-order valence-electron chi connectivity index (χ2n) is 1.46. The Morgan fingerprint density at radius 1 is 1.17 bits per heavy atom. The van der Waals surface area contributed by atoms with Crippen molar-refractivity contribution < 1.29 is 0 Å². The first-order chi connectivity index (χ1) is 5.68. The van der Waals surface area contributed by atoms with Crippen molar-refractivity contribution in [2.75, 3.05) is 5.83 Å². The molecule has 0 atom stereocenters. The van der Waals surface area contributed by atoms with Gasteiger partial charge in [0, 0.05) is 0 Å². The van der Waals surface area contributed by atoms with Gasteiger partial charge in [0.15, 0.2) is 0 Å². The second-order valence-corrected chi connectivity index (χ2v) is 1.46. The van der Waals surface area contributed by atoms with Crippen LogP contribution in [0.25, 0.3) is 0 Å². The predicted octanol–water partition coefficient (Wildman–Crippen LogP) is 4.98. The third-order valence-corrected chi connectivity index (χ3v) is 0.348. The molecule has 0 saturated heterocycles. The van der Waals surface area contributed by atoms with Gasteiger partial charge >= 0.3 is 0 Å². The first kappa shape index (κ1) is 22.6. The number of allylic oxidation sites excluding steroid dienone is 3. The molecule has 0 heterocycles. The molecule has 0 fully saturated rings. The van der Waals surface area contributed by atoms with E-state index >= 15 is 0 Å². The predicted molar refractivity (Wildman–Crippen MR) is 67.1 cm³/mol. The Bertz CT molecular complexity index is 83.0. The van der Waals surface area contributed by atoms with E-state index in [1.807, 2.05) is 33.5 Å². The van der Waals surface area contributed by atoms with Crippen LogP contribution < -0.4 is 0 Å². The molecule has 0 amide bonds. The third kappa shape index (κ3) is 254. The van der Waals surface area contributed by atoms with Crippen LogP contribution in [0.1, 0.15) is 27.7 Å². The van der Waals surface area contributed by atoms with Gasteiger partial charge < -0.3 is 0 Å². The summed E-state index contributed by atoms with van der Waals surface area (Å²) < 4.78 is 0. The van der Waals surface area contributed by atoms with Crippen LogP contribution in [-0.2, 0) is 0 Å². The van der Waals surface area contributed by atoms with Gasteiger partial charge in [-0.25, -0.2) is 0 Å². The molecule has 0 rings (SSSR count). The van der Waals surface area contributed by atoms with E-state index in [1.165, 1.54) is 0 Å². The molecule has 0 N–H and O–H groups in total. The molecule has 0 unspecified atom stereocenters. The summed E-state index contributed by atoms with van der Waals surface area (Å²) in [6.45, 7) is 18.2. The number of halogens is 1. The summed E-state index contributed by atoms with van der Waals surface area (Å²) in [5, 5.41) is 0. The van der Waals surface area contributed by atoms with Gasteiger partial charge in [-0.1, -0.05) is 60.7 Å². The van der Waals surface area contributed by atoms with Gasteiger partial charge in [0.2, 0.25) is 0 Å². The van der Waals surface area contributed by atoms with E-state index in [0.717, 1.165) is 5.57 Å². The fraction of sp³-hybridized carbons (Fsp3) is 0.455. The highest BCUT2D eigenvalue weighted by Gasteiger charge is 1.59. The normalized spacial score (nSPS) is 4.83. The summed E-state index contributed by atoms with van der Waals surface area (Å²) in [5.41, 5.74) is 1.02. The minimum absolute atomic E-state index is 1.02. The zero-order valence-electron chi connectivity index (χ0n) is 9.15. The van der Waals surface area contributed by atoms with E-state index in [0.29, 0.717) is 0 Å². The minimum Gasteiger partial charge on any atom is -0.103 e. The lowest BCUT2D eigenvalue weighted by Gasteiger charge is -1.71. The van der Waals surface area contributed by atoms with E-state index < -0.39 is 0 Å². The van der Waals surface area contributed by atoms with Gasteiger partial charge in [-0.3, -0.25) is 0 Å². The summed E-state index contributed by atoms with van der Waals surface area (Å²) in [6, 6.07) is 0. The molecular weight excluding hydrogens is 212 g/mol. The summed E-state index contributed by atoms with van der Waals surface area (Å²) in [6.07, 6.45) is 3.47. The van der Waals surface area contributed by atoms with E-state index in [9.17, 15) is 0 Å². The molecule has 12 heavy (non-hydrogen) atoms. The Balaban J connectivity index is -0.0000000397. The van der Waals surface area contributed by atoms with E-state index in [-0.39, 0.29) is 0 Å². The van der Waals surface area contributed by atoms with E-state index in [4.69, 9.17) is 0 Å². The van der Waals surface area contributed by atoms with Crippen LogP contribution in [0.3, 0.4) is 0 Å². The first-order valence-corrected chi connectivity index (χ1v) is 5.50. The number of alkyl halides is 1. The van der Waals surface area contributed by atoms with Crippen molar-refractivity contribution in [3.8, 4) is 0 Å². The zero-order valence-corrected chi connectivity index (χ0v) is 10.7. The van der Waals surface area contributed by atoms with Crippen LogP contribution in [0, 0.1) is 0 Å². The molecule has 0 radical (unpaired) electrons. The van der Waals surface area contributed by atoms with Gasteiger partial charge in [0.25, 0.3) is 0 Å². The molecule has 0 aromatic carbocycles. The lowest BCUT2D eigenvalue weighted by molar-refractivity contribution is 1.50. The summed E-state index contributed by atoms with van der Waals surface area (Å²) >= 11 is 2.94. The standard InChI is InChI=1S/C5H8.C3H6.C2H6.CH3Br/c1-4-5(2)3;1-3-2;2*1-2/h4H,1-2H2,3H3;3H,1H2,2H3;1-2H3;1H3. The van der Waals surface area contributed by atoms with Crippen molar-refractivity contribution in [2.45, 2.75) is 27.7 Å². The maximum Gasteiger partial charge on any atom is -0.00848 e. The van der Waals surface area contributed by atoms with Crippen molar-refractivity contribution in [3.63, 3.8) is 0 Å². The maximum absolute atomic E-state index is 3.56. The molecule has 0 aromatic rings. The molecule has 1 heteroatoms. The molecule has 0 aromatic heterocycles. The fourth-order valence-corrected chi connectivity index (χ4v) is 0. The van der Waals surface area contributed by atoms with Crippen LogP contribution in [-0.4, -0.2) is 5.83 Å². The summed E-state index contributed by atoms with van der Waals surface area (Å²) in [5.74, 6) is 1.81. The van der Waals surface area contributed by atoms with Gasteiger partial charge in [-0.2, -0.15) is 0 Å². The van der Waals surface area contributed by atoms with Crippen LogP contribution in [0.2, 0.25) is 0 Å². The third-order valence-electron chi connectivity index (χ3n) is 0.348. The van der Waals surface area contributed by atoms with Crippen LogP contribution in [0.5, 0.6) is 0 Å². The van der Waals surface area contributed by atoms with Crippen LogP contribution >= 0.6 is 15.9 Å². The van der Waals surface area contributed by atoms with Crippen LogP contribution in [0.4, 0.5) is 0 Å². The average Bonchev–Trinajstić information content (AvgIpc) is 2.13. The van der Waals surface area contributed by atoms with Crippen molar-refractivity contribution in [1.29, 1.82) is 0 Å². The number of hydrogen-bond donors (Lipinski definition) is 0. The topological polar surface area (TPSA) is 0 Å². The highest BCUT2D eigenvalue weighted by molar-refractivity contribution is 9.08. The Morgan fingerprint density at radius 2 is 1.25 bits per heavy atom. The number of hydrogen-bond acceptors (Lipinski definition) is 0. The Morgan fingerprint density at radius 3 is 1.25 bits per heavy atom. The van der Waals surface area contributed by atoms with Gasteiger partial charge in [-0.05, 0) is 19.7 Å². The minimum atomic E-state index is 1.02. The van der Waals surface area contributed by atoms with E-state index in [1.54, 1.807) is 12.2 Å². The summed E-state index contributed by atoms with van der Waals surface area (Å²) in [7, 11) is 0. The quantitative estimate of drug-likeness (QED) is 0.341. The Hall–Kier alpha value is -0.300. The number of rotatable bonds is 1. The maximum atomic E-state index is 3.56. The molecule has 0 nitrogen and oxygen atoms in total. The first-order valence-electron chi connectivity index (χ1n) is 3.91.